The molecule has 1 atom stereocenters. The van der Waals surface area contributed by atoms with E-state index < -0.39 is 5.60 Å². The van der Waals surface area contributed by atoms with Crippen LogP contribution in [0.3, 0.4) is 0 Å². The number of aromatic nitrogens is 4. The lowest BCUT2D eigenvalue weighted by molar-refractivity contribution is -0.144. The fourth-order valence-electron chi connectivity index (χ4n) is 4.10. The summed E-state index contributed by atoms with van der Waals surface area (Å²) in [6.45, 7) is 8.30. The van der Waals surface area contributed by atoms with Crippen molar-refractivity contribution in [2.75, 3.05) is 14.2 Å². The Morgan fingerprint density at radius 3 is 2.39 bits per heavy atom. The number of benzene rings is 1. The molecule has 38 heavy (non-hydrogen) atoms. The number of amides is 1. The second-order valence-corrected chi connectivity index (χ2v) is 9.38. The van der Waals surface area contributed by atoms with E-state index in [0.717, 1.165) is 18.4 Å². The molecule has 2 heterocycles. The molecule has 0 radical (unpaired) electrons. The Hall–Kier alpha value is -3.30. The van der Waals surface area contributed by atoms with Crippen molar-refractivity contribution in [3.8, 4) is 34.7 Å². The Bertz CT molecular complexity index is 1210. The van der Waals surface area contributed by atoms with Crippen molar-refractivity contribution in [3.05, 3.63) is 47.1 Å². The number of nitrogens with one attached hydrogen (secondary N) is 1. The van der Waals surface area contributed by atoms with Crippen LogP contribution in [0.15, 0.2) is 36.5 Å². The van der Waals surface area contributed by atoms with Gasteiger partial charge in [-0.25, -0.2) is 9.97 Å². The van der Waals surface area contributed by atoms with Gasteiger partial charge >= 0.3 is 6.01 Å². The third kappa shape index (κ3) is 6.96. The third-order valence-corrected chi connectivity index (χ3v) is 6.81. The monoisotopic (exact) mass is 541 g/mol. The van der Waals surface area contributed by atoms with Crippen LogP contribution in [0.25, 0.3) is 22.8 Å². The van der Waals surface area contributed by atoms with Crippen LogP contribution in [0, 0.1) is 0 Å². The van der Waals surface area contributed by atoms with Gasteiger partial charge in [0.1, 0.15) is 5.60 Å². The van der Waals surface area contributed by atoms with Gasteiger partial charge in [0.25, 0.3) is 5.91 Å². The van der Waals surface area contributed by atoms with Gasteiger partial charge in [-0.3, -0.25) is 4.79 Å². The summed E-state index contributed by atoms with van der Waals surface area (Å²) in [6.07, 6.45) is 4.87. The fraction of sp³-hybridized carbons (Fsp3) is 0.464. The maximum absolute atomic E-state index is 12.8. The maximum atomic E-state index is 12.8. The van der Waals surface area contributed by atoms with Crippen LogP contribution in [0.2, 0.25) is 5.02 Å². The Labute approximate surface area is 229 Å². The molecule has 1 aromatic carbocycles. The van der Waals surface area contributed by atoms with E-state index in [0.29, 0.717) is 53.1 Å². The molecule has 2 aromatic heterocycles. The normalized spacial score (nSPS) is 12.2. The minimum absolute atomic E-state index is 0.0799. The van der Waals surface area contributed by atoms with E-state index in [1.165, 1.54) is 7.11 Å². The highest BCUT2D eigenvalue weighted by molar-refractivity contribution is 6.33. The van der Waals surface area contributed by atoms with Crippen LogP contribution in [0.5, 0.6) is 11.9 Å². The Kier molecular flexibility index (Phi) is 10.4. The van der Waals surface area contributed by atoms with Crippen molar-refractivity contribution in [1.29, 1.82) is 0 Å². The number of carbonyl (C=O) groups is 1. The van der Waals surface area contributed by atoms with Gasteiger partial charge in [-0.05, 0) is 49.9 Å². The van der Waals surface area contributed by atoms with Crippen LogP contribution >= 0.6 is 11.6 Å². The van der Waals surface area contributed by atoms with Gasteiger partial charge < -0.3 is 19.5 Å². The zero-order valence-electron chi connectivity index (χ0n) is 22.9. The Balaban J connectivity index is 1.87. The Morgan fingerprint density at radius 1 is 1.05 bits per heavy atom. The molecule has 0 saturated heterocycles. The van der Waals surface area contributed by atoms with E-state index in [1.807, 2.05) is 39.0 Å². The van der Waals surface area contributed by atoms with Crippen molar-refractivity contribution in [1.82, 2.24) is 25.3 Å². The predicted octanol–water partition coefficient (Wildman–Crippen LogP) is 5.65. The van der Waals surface area contributed by atoms with Gasteiger partial charge in [0, 0.05) is 37.0 Å². The minimum atomic E-state index is -0.853. The molecule has 0 aliphatic heterocycles. The standard InChI is InChI=1S/C28H36ClN5O4/c1-7-10-18(4)38-23-14-12-20(17-30-23)24-32-25(34-27(33-24)36-5)21-15-19(11-13-22(21)29)16-31-26(35)28(8-2,9-3)37-6/h11-15,17-18H,7-10,16H2,1-6H3,(H,31,35)/t18-/m1/s1. The predicted molar refractivity (Wildman–Crippen MR) is 147 cm³/mol. The highest BCUT2D eigenvalue weighted by atomic mass is 35.5. The van der Waals surface area contributed by atoms with Crippen molar-refractivity contribution >= 4 is 17.5 Å². The molecule has 0 aliphatic rings. The van der Waals surface area contributed by atoms with Crippen LogP contribution in [-0.4, -0.2) is 51.8 Å². The van der Waals surface area contributed by atoms with Gasteiger partial charge in [0.15, 0.2) is 11.6 Å². The summed E-state index contributed by atoms with van der Waals surface area (Å²) < 4.78 is 16.7. The molecule has 0 spiro atoms. The van der Waals surface area contributed by atoms with E-state index in [4.69, 9.17) is 25.8 Å². The summed E-state index contributed by atoms with van der Waals surface area (Å²) >= 11 is 6.54. The number of methoxy groups -OCH3 is 2. The molecule has 0 fully saturated rings. The van der Waals surface area contributed by atoms with Crippen molar-refractivity contribution in [2.24, 2.45) is 0 Å². The third-order valence-electron chi connectivity index (χ3n) is 6.48. The first-order chi connectivity index (χ1) is 18.3. The first-order valence-electron chi connectivity index (χ1n) is 12.8. The number of ether oxygens (including phenoxy) is 3. The van der Waals surface area contributed by atoms with Crippen LogP contribution in [0.4, 0.5) is 0 Å². The van der Waals surface area contributed by atoms with Gasteiger partial charge in [0.2, 0.25) is 5.88 Å². The summed E-state index contributed by atoms with van der Waals surface area (Å²) in [5.41, 5.74) is 1.25. The molecule has 1 N–H and O–H groups in total. The van der Waals surface area contributed by atoms with E-state index >= 15 is 0 Å². The van der Waals surface area contributed by atoms with Gasteiger partial charge in [-0.2, -0.15) is 9.97 Å². The maximum Gasteiger partial charge on any atom is 0.320 e. The van der Waals surface area contributed by atoms with E-state index in [2.05, 4.69) is 32.2 Å². The molecule has 1 amide bonds. The van der Waals surface area contributed by atoms with Crippen molar-refractivity contribution in [2.45, 2.75) is 71.6 Å². The van der Waals surface area contributed by atoms with Gasteiger partial charge in [0.05, 0.1) is 18.2 Å². The highest BCUT2D eigenvalue weighted by Crippen LogP contribution is 2.29. The lowest BCUT2D eigenvalue weighted by atomic mass is 9.96. The van der Waals surface area contributed by atoms with Crippen molar-refractivity contribution in [3.63, 3.8) is 0 Å². The van der Waals surface area contributed by atoms with Gasteiger partial charge in [-0.1, -0.05) is 44.9 Å². The van der Waals surface area contributed by atoms with Crippen LogP contribution in [0.1, 0.15) is 58.9 Å². The molecule has 3 rings (SSSR count). The number of halogens is 1. The summed E-state index contributed by atoms with van der Waals surface area (Å²) in [5.74, 6) is 1.11. The molecular formula is C28H36ClN5O4. The molecule has 0 bridgehead atoms. The first kappa shape index (κ1) is 29.3. The number of hydrogen-bond donors (Lipinski definition) is 1. The molecule has 0 unspecified atom stereocenters. The zero-order valence-corrected chi connectivity index (χ0v) is 23.6. The second kappa shape index (κ2) is 13.5. The topological polar surface area (TPSA) is 108 Å². The highest BCUT2D eigenvalue weighted by Gasteiger charge is 2.34. The van der Waals surface area contributed by atoms with E-state index in [1.54, 1.807) is 25.4 Å². The molecule has 0 aliphatic carbocycles. The molecular weight excluding hydrogens is 506 g/mol. The molecule has 10 heteroatoms. The van der Waals surface area contributed by atoms with Crippen molar-refractivity contribution < 1.29 is 19.0 Å². The van der Waals surface area contributed by atoms with Crippen LogP contribution in [-0.2, 0) is 16.1 Å². The number of carbonyl (C=O) groups excluding carboxylic acids is 1. The quantitative estimate of drug-likeness (QED) is 0.295. The number of hydrogen-bond acceptors (Lipinski definition) is 8. The molecule has 0 saturated carbocycles. The largest absolute Gasteiger partial charge is 0.475 e. The summed E-state index contributed by atoms with van der Waals surface area (Å²) in [6, 6.07) is 9.23. The van der Waals surface area contributed by atoms with E-state index in [9.17, 15) is 4.79 Å². The number of nitrogens with zero attached hydrogens (tertiary/aromatic N) is 4. The Morgan fingerprint density at radius 2 is 1.79 bits per heavy atom. The number of rotatable bonds is 13. The smallest absolute Gasteiger partial charge is 0.320 e. The average molecular weight is 542 g/mol. The molecule has 9 nitrogen and oxygen atoms in total. The van der Waals surface area contributed by atoms with E-state index in [-0.39, 0.29) is 18.0 Å². The first-order valence-corrected chi connectivity index (χ1v) is 13.2. The lowest BCUT2D eigenvalue weighted by Crippen LogP contribution is -2.47. The van der Waals surface area contributed by atoms with Crippen LogP contribution < -0.4 is 14.8 Å². The zero-order chi connectivity index (χ0) is 27.7. The summed E-state index contributed by atoms with van der Waals surface area (Å²) in [7, 11) is 3.05. The summed E-state index contributed by atoms with van der Waals surface area (Å²) in [4.78, 5) is 30.7. The lowest BCUT2D eigenvalue weighted by Gasteiger charge is -2.28. The average Bonchev–Trinajstić information content (AvgIpc) is 2.94. The minimum Gasteiger partial charge on any atom is -0.475 e. The fourth-order valence-corrected chi connectivity index (χ4v) is 4.30. The number of pyridine rings is 1. The second-order valence-electron chi connectivity index (χ2n) is 8.97. The molecule has 204 valence electrons. The SMILES string of the molecule is CCC[C@@H](C)Oc1ccc(-c2nc(OC)nc(-c3cc(CNC(=O)C(CC)(CC)OC)ccc3Cl)n2)cn1. The molecule has 3 aromatic rings. The summed E-state index contributed by atoms with van der Waals surface area (Å²) in [5, 5.41) is 3.43. The van der Waals surface area contributed by atoms with Gasteiger partial charge in [-0.15, -0.1) is 0 Å².